The summed E-state index contributed by atoms with van der Waals surface area (Å²) in [6.45, 7) is 0.0832. The number of ether oxygens (including phenoxy) is 2. The zero-order valence-corrected chi connectivity index (χ0v) is 7.96. The highest BCUT2D eigenvalue weighted by Gasteiger charge is 2.23. The van der Waals surface area contributed by atoms with Gasteiger partial charge >= 0.3 is 0 Å². The van der Waals surface area contributed by atoms with Crippen LogP contribution in [0, 0.1) is 11.3 Å². The minimum Gasteiger partial charge on any atom is -0.505 e. The molecular weight excluding hydrogens is 238 g/mol. The average molecular weight is 242 g/mol. The first-order valence-corrected chi connectivity index (χ1v) is 4.24. The van der Waals surface area contributed by atoms with E-state index in [9.17, 15) is 5.11 Å². The first-order valence-electron chi connectivity index (χ1n) is 3.45. The molecule has 0 bridgehead atoms. The second kappa shape index (κ2) is 2.82. The second-order valence-corrected chi connectivity index (χ2v) is 3.28. The molecule has 4 nitrogen and oxygen atoms in total. The number of fused-ring (bicyclic) bond motifs is 1. The van der Waals surface area contributed by atoms with E-state index >= 15 is 0 Å². The Morgan fingerprint density at radius 2 is 2.31 bits per heavy atom. The van der Waals surface area contributed by atoms with Gasteiger partial charge in [-0.2, -0.15) is 5.26 Å². The number of phenolic OH excluding ortho intramolecular Hbond substituents is 1. The third-order valence-electron chi connectivity index (χ3n) is 1.70. The van der Waals surface area contributed by atoms with Gasteiger partial charge in [0.05, 0.1) is 4.47 Å². The Kier molecular flexibility index (Phi) is 1.78. The van der Waals surface area contributed by atoms with Crippen molar-refractivity contribution < 1.29 is 14.6 Å². The van der Waals surface area contributed by atoms with Crippen LogP contribution in [0.3, 0.4) is 0 Å². The van der Waals surface area contributed by atoms with Gasteiger partial charge in [-0.1, -0.05) is 0 Å². The number of benzene rings is 1. The van der Waals surface area contributed by atoms with E-state index in [0.717, 1.165) is 0 Å². The van der Waals surface area contributed by atoms with Crippen molar-refractivity contribution in [3.05, 3.63) is 16.1 Å². The van der Waals surface area contributed by atoms with Crippen LogP contribution in [0.1, 0.15) is 5.56 Å². The van der Waals surface area contributed by atoms with E-state index in [1.807, 2.05) is 6.07 Å². The molecule has 1 heterocycles. The molecule has 0 unspecified atom stereocenters. The normalized spacial score (nSPS) is 12.6. The first-order chi connectivity index (χ1) is 6.24. The summed E-state index contributed by atoms with van der Waals surface area (Å²) >= 11 is 3.10. The SMILES string of the molecule is N#Cc1c(O)c(Br)cc2c1OCO2. The number of rotatable bonds is 0. The molecule has 0 saturated carbocycles. The summed E-state index contributed by atoms with van der Waals surface area (Å²) in [6.07, 6.45) is 0. The predicted octanol–water partition coefficient (Wildman–Crippen LogP) is 1.76. The molecule has 0 amide bonds. The van der Waals surface area contributed by atoms with E-state index < -0.39 is 0 Å². The van der Waals surface area contributed by atoms with Crippen LogP contribution in [-0.2, 0) is 0 Å². The van der Waals surface area contributed by atoms with Crippen LogP contribution in [0.15, 0.2) is 10.5 Å². The van der Waals surface area contributed by atoms with Gasteiger partial charge < -0.3 is 14.6 Å². The van der Waals surface area contributed by atoms with Crippen LogP contribution < -0.4 is 9.47 Å². The molecule has 1 aromatic rings. The second-order valence-electron chi connectivity index (χ2n) is 2.43. The molecule has 13 heavy (non-hydrogen) atoms. The average Bonchev–Trinajstić information content (AvgIpc) is 2.54. The fourth-order valence-corrected chi connectivity index (χ4v) is 1.51. The summed E-state index contributed by atoms with van der Waals surface area (Å²) in [4.78, 5) is 0. The maximum absolute atomic E-state index is 9.46. The number of phenols is 1. The van der Waals surface area contributed by atoms with Gasteiger partial charge in [0.15, 0.2) is 17.2 Å². The molecule has 5 heteroatoms. The number of aromatic hydroxyl groups is 1. The number of nitrogens with zero attached hydrogens (tertiary/aromatic N) is 1. The minimum atomic E-state index is -0.119. The molecule has 1 aliphatic rings. The zero-order chi connectivity index (χ0) is 9.42. The highest BCUT2D eigenvalue weighted by molar-refractivity contribution is 9.10. The first kappa shape index (κ1) is 8.20. The number of hydrogen-bond acceptors (Lipinski definition) is 4. The fourth-order valence-electron chi connectivity index (χ4n) is 1.11. The maximum Gasteiger partial charge on any atom is 0.231 e. The zero-order valence-electron chi connectivity index (χ0n) is 6.37. The molecule has 1 aliphatic heterocycles. The Labute approximate surface area is 82.4 Å². The van der Waals surface area contributed by atoms with Crippen molar-refractivity contribution in [2.45, 2.75) is 0 Å². The van der Waals surface area contributed by atoms with Crippen molar-refractivity contribution in [3.8, 4) is 23.3 Å². The Hall–Kier alpha value is -1.41. The smallest absolute Gasteiger partial charge is 0.231 e. The van der Waals surface area contributed by atoms with Crippen LogP contribution in [0.4, 0.5) is 0 Å². The molecule has 0 atom stereocenters. The number of halogens is 1. The Balaban J connectivity index is 2.73. The number of hydrogen-bond donors (Lipinski definition) is 1. The number of nitriles is 1. The van der Waals surface area contributed by atoms with Gasteiger partial charge in [0, 0.05) is 6.07 Å². The van der Waals surface area contributed by atoms with Crippen LogP contribution in [0.5, 0.6) is 17.2 Å². The maximum atomic E-state index is 9.46. The molecule has 66 valence electrons. The third-order valence-corrected chi connectivity index (χ3v) is 2.31. The van der Waals surface area contributed by atoms with E-state index in [1.54, 1.807) is 6.07 Å². The lowest BCUT2D eigenvalue weighted by Crippen LogP contribution is -1.93. The van der Waals surface area contributed by atoms with Gasteiger partial charge in [-0.05, 0) is 15.9 Å². The highest BCUT2D eigenvalue weighted by atomic mass is 79.9. The van der Waals surface area contributed by atoms with Crippen LogP contribution in [0.2, 0.25) is 0 Å². The van der Waals surface area contributed by atoms with Gasteiger partial charge in [-0.3, -0.25) is 0 Å². The van der Waals surface area contributed by atoms with Crippen molar-refractivity contribution in [1.82, 2.24) is 0 Å². The minimum absolute atomic E-state index is 0.0832. The fraction of sp³-hybridized carbons (Fsp3) is 0.125. The molecule has 0 saturated heterocycles. The largest absolute Gasteiger partial charge is 0.505 e. The van der Waals surface area contributed by atoms with Crippen LogP contribution in [0.25, 0.3) is 0 Å². The Morgan fingerprint density at radius 3 is 3.00 bits per heavy atom. The van der Waals surface area contributed by atoms with E-state index in [0.29, 0.717) is 16.0 Å². The summed E-state index contributed by atoms with van der Waals surface area (Å²) < 4.78 is 10.5. The standard InChI is InChI=1S/C8H4BrNO3/c9-5-1-6-8(13-3-12-6)4(2-10)7(5)11/h1,11H,3H2. The molecule has 0 aliphatic carbocycles. The van der Waals surface area contributed by atoms with Crippen molar-refractivity contribution in [2.24, 2.45) is 0 Å². The molecule has 0 spiro atoms. The molecule has 0 aromatic heterocycles. The summed E-state index contributed by atoms with van der Waals surface area (Å²) in [5, 5.41) is 18.2. The van der Waals surface area contributed by atoms with Gasteiger partial charge in [0.25, 0.3) is 0 Å². The predicted molar refractivity (Wildman–Crippen MR) is 46.6 cm³/mol. The Morgan fingerprint density at radius 1 is 1.54 bits per heavy atom. The summed E-state index contributed by atoms with van der Waals surface area (Å²) in [5.74, 6) is 0.663. The van der Waals surface area contributed by atoms with Gasteiger partial charge in [0.1, 0.15) is 11.6 Å². The third kappa shape index (κ3) is 1.11. The molecular formula is C8H4BrNO3. The molecule has 2 rings (SSSR count). The van der Waals surface area contributed by atoms with Crippen molar-refractivity contribution in [3.63, 3.8) is 0 Å². The van der Waals surface area contributed by atoms with Crippen molar-refractivity contribution in [1.29, 1.82) is 5.26 Å². The van der Waals surface area contributed by atoms with E-state index in [-0.39, 0.29) is 18.1 Å². The van der Waals surface area contributed by atoms with Gasteiger partial charge in [-0.25, -0.2) is 0 Å². The lowest BCUT2D eigenvalue weighted by molar-refractivity contribution is 0.173. The lowest BCUT2D eigenvalue weighted by Gasteiger charge is -2.02. The van der Waals surface area contributed by atoms with E-state index in [4.69, 9.17) is 14.7 Å². The quantitative estimate of drug-likeness (QED) is 0.752. The highest BCUT2D eigenvalue weighted by Crippen LogP contribution is 2.44. The van der Waals surface area contributed by atoms with E-state index in [2.05, 4.69) is 15.9 Å². The summed E-state index contributed by atoms with van der Waals surface area (Å²) in [5.41, 5.74) is 0.0990. The molecule has 0 fully saturated rings. The Bertz CT molecular complexity index is 411. The topological polar surface area (TPSA) is 62.5 Å². The molecule has 0 radical (unpaired) electrons. The molecule has 1 N–H and O–H groups in total. The van der Waals surface area contributed by atoms with Crippen LogP contribution >= 0.6 is 15.9 Å². The van der Waals surface area contributed by atoms with E-state index in [1.165, 1.54) is 0 Å². The van der Waals surface area contributed by atoms with Gasteiger partial charge in [0.2, 0.25) is 6.79 Å². The van der Waals surface area contributed by atoms with Gasteiger partial charge in [-0.15, -0.1) is 0 Å². The van der Waals surface area contributed by atoms with Crippen molar-refractivity contribution >= 4 is 15.9 Å². The monoisotopic (exact) mass is 241 g/mol. The molecule has 1 aromatic carbocycles. The lowest BCUT2D eigenvalue weighted by atomic mass is 10.2. The summed E-state index contributed by atoms with van der Waals surface area (Å²) in [7, 11) is 0. The van der Waals surface area contributed by atoms with Crippen LogP contribution in [-0.4, -0.2) is 11.9 Å². The summed E-state index contributed by atoms with van der Waals surface area (Å²) in [6, 6.07) is 3.42. The van der Waals surface area contributed by atoms with Crippen molar-refractivity contribution in [2.75, 3.05) is 6.79 Å².